The van der Waals surface area contributed by atoms with E-state index < -0.39 is 7.92 Å². The smallest absolute Gasteiger partial charge is 0.0116 e. The maximum Gasteiger partial charge on any atom is -0.0116 e. The van der Waals surface area contributed by atoms with Crippen LogP contribution in [0.15, 0.2) is 54.6 Å². The molecule has 0 aliphatic rings. The number of aryl methyl sites for hydroxylation is 3. The van der Waals surface area contributed by atoms with Crippen LogP contribution < -0.4 is 15.9 Å². The van der Waals surface area contributed by atoms with Gasteiger partial charge in [-0.2, -0.15) is 0 Å². The van der Waals surface area contributed by atoms with Gasteiger partial charge in [-0.1, -0.05) is 75.4 Å². The Morgan fingerprint density at radius 2 is 0.786 bits per heavy atom. The van der Waals surface area contributed by atoms with Gasteiger partial charge in [0.25, 0.3) is 0 Å². The molecule has 3 aromatic carbocycles. The second-order valence-electron chi connectivity index (χ2n) is 7.61. The molecule has 0 fully saturated rings. The van der Waals surface area contributed by atoms with Crippen LogP contribution in [0, 0.1) is 20.8 Å². The first-order chi connectivity index (χ1) is 13.5. The molecule has 0 radical (unpaired) electrons. The topological polar surface area (TPSA) is 0 Å². The summed E-state index contributed by atoms with van der Waals surface area (Å²) in [5.41, 5.74) is 8.85. The van der Waals surface area contributed by atoms with Crippen molar-refractivity contribution < 1.29 is 0 Å². The minimum Gasteiger partial charge on any atom is -0.0613 e. The van der Waals surface area contributed by atoms with Gasteiger partial charge in [-0.05, 0) is 97.2 Å². The van der Waals surface area contributed by atoms with Crippen molar-refractivity contribution >= 4 is 23.8 Å². The van der Waals surface area contributed by atoms with E-state index in [1.165, 1.54) is 49.3 Å². The molecule has 0 saturated heterocycles. The van der Waals surface area contributed by atoms with E-state index in [0.717, 1.165) is 19.3 Å². The quantitative estimate of drug-likeness (QED) is 0.451. The Hall–Kier alpha value is -1.91. The molecule has 1 heteroatoms. The molecule has 0 aliphatic heterocycles. The van der Waals surface area contributed by atoms with Crippen LogP contribution in [0.2, 0.25) is 0 Å². The lowest BCUT2D eigenvalue weighted by Crippen LogP contribution is -2.28. The zero-order chi connectivity index (χ0) is 20.3. The Labute approximate surface area is 172 Å². The van der Waals surface area contributed by atoms with Crippen molar-refractivity contribution in [1.29, 1.82) is 0 Å². The van der Waals surface area contributed by atoms with E-state index >= 15 is 0 Å². The first-order valence-electron chi connectivity index (χ1n) is 10.6. The summed E-state index contributed by atoms with van der Waals surface area (Å²) in [5.74, 6) is 0. The third-order valence-corrected chi connectivity index (χ3v) is 8.64. The summed E-state index contributed by atoms with van der Waals surface area (Å²) in [5, 5.41) is 4.62. The van der Waals surface area contributed by atoms with Crippen molar-refractivity contribution in [3.63, 3.8) is 0 Å². The molecule has 0 N–H and O–H groups in total. The predicted octanol–water partition coefficient (Wildman–Crippen LogP) is 6.06. The van der Waals surface area contributed by atoms with E-state index in [2.05, 4.69) is 96.1 Å². The number of rotatable bonds is 6. The van der Waals surface area contributed by atoms with Crippen LogP contribution in [0.5, 0.6) is 0 Å². The summed E-state index contributed by atoms with van der Waals surface area (Å²) in [4.78, 5) is 0. The molecule has 0 heterocycles. The van der Waals surface area contributed by atoms with E-state index in [1.807, 2.05) is 0 Å². The Kier molecular flexibility index (Phi) is 6.73. The Bertz CT molecular complexity index is 841. The highest BCUT2D eigenvalue weighted by Gasteiger charge is 2.25. The number of hydrogen-bond donors (Lipinski definition) is 0. The Morgan fingerprint density at radius 3 is 1.04 bits per heavy atom. The molecule has 0 spiro atoms. The van der Waals surface area contributed by atoms with Gasteiger partial charge in [-0.15, -0.1) is 0 Å². The van der Waals surface area contributed by atoms with Gasteiger partial charge in [0.05, 0.1) is 0 Å². The summed E-state index contributed by atoms with van der Waals surface area (Å²) in [6.45, 7) is 13.7. The summed E-state index contributed by atoms with van der Waals surface area (Å²) < 4.78 is 0. The molecule has 0 aromatic heterocycles. The van der Waals surface area contributed by atoms with Crippen molar-refractivity contribution in [2.75, 3.05) is 0 Å². The lowest BCUT2D eigenvalue weighted by molar-refractivity contribution is 1.12. The first kappa shape index (κ1) is 20.8. The summed E-state index contributed by atoms with van der Waals surface area (Å²) >= 11 is 0. The van der Waals surface area contributed by atoms with E-state index in [-0.39, 0.29) is 0 Å². The zero-order valence-electron chi connectivity index (χ0n) is 18.3. The van der Waals surface area contributed by atoms with Crippen molar-refractivity contribution in [1.82, 2.24) is 0 Å². The molecule has 0 atom stereocenters. The Morgan fingerprint density at radius 1 is 0.500 bits per heavy atom. The fourth-order valence-electron chi connectivity index (χ4n) is 4.46. The van der Waals surface area contributed by atoms with Crippen LogP contribution >= 0.6 is 7.92 Å². The van der Waals surface area contributed by atoms with Gasteiger partial charge in [0.15, 0.2) is 0 Å². The monoisotopic (exact) mass is 388 g/mol. The standard InChI is InChI=1S/C27H33P/c1-7-22-19(4)13-10-16-25(22)28(26-17-11-14-20(5)23(26)8-2)27-18-12-15-21(6)24(27)9-3/h10-18H,7-9H2,1-6H3. The van der Waals surface area contributed by atoms with Crippen LogP contribution in [-0.2, 0) is 19.3 Å². The van der Waals surface area contributed by atoms with E-state index in [1.54, 1.807) is 0 Å². The minimum absolute atomic E-state index is 0.574. The highest BCUT2D eigenvalue weighted by atomic mass is 31.1. The molecule has 28 heavy (non-hydrogen) atoms. The van der Waals surface area contributed by atoms with Gasteiger partial charge in [0.2, 0.25) is 0 Å². The molecule has 0 amide bonds. The molecular weight excluding hydrogens is 355 g/mol. The highest BCUT2D eigenvalue weighted by Crippen LogP contribution is 2.38. The van der Waals surface area contributed by atoms with E-state index in [4.69, 9.17) is 0 Å². The largest absolute Gasteiger partial charge is 0.0613 e. The van der Waals surface area contributed by atoms with Crippen LogP contribution in [0.4, 0.5) is 0 Å². The molecule has 3 rings (SSSR count). The van der Waals surface area contributed by atoms with Crippen molar-refractivity contribution in [3.05, 3.63) is 88.0 Å². The summed E-state index contributed by atoms with van der Waals surface area (Å²) in [6.07, 6.45) is 3.25. The molecule has 0 aliphatic carbocycles. The van der Waals surface area contributed by atoms with Gasteiger partial charge in [-0.25, -0.2) is 0 Å². The molecule has 0 saturated carbocycles. The number of hydrogen-bond acceptors (Lipinski definition) is 0. The third-order valence-electron chi connectivity index (χ3n) is 5.94. The van der Waals surface area contributed by atoms with Crippen LogP contribution in [0.3, 0.4) is 0 Å². The molecule has 3 aromatic rings. The van der Waals surface area contributed by atoms with E-state index in [9.17, 15) is 0 Å². The van der Waals surface area contributed by atoms with E-state index in [0.29, 0.717) is 0 Å². The van der Waals surface area contributed by atoms with Gasteiger partial charge < -0.3 is 0 Å². The average molecular weight is 389 g/mol. The van der Waals surface area contributed by atoms with Gasteiger partial charge in [0.1, 0.15) is 0 Å². The average Bonchev–Trinajstić information content (AvgIpc) is 2.69. The zero-order valence-corrected chi connectivity index (χ0v) is 19.2. The minimum atomic E-state index is -0.574. The van der Waals surface area contributed by atoms with Crippen molar-refractivity contribution in [2.45, 2.75) is 60.8 Å². The Balaban J connectivity index is 2.39. The normalized spacial score (nSPS) is 11.2. The fraction of sp³-hybridized carbons (Fsp3) is 0.333. The van der Waals surface area contributed by atoms with Crippen LogP contribution in [-0.4, -0.2) is 0 Å². The fourth-order valence-corrected chi connectivity index (χ4v) is 7.76. The molecule has 146 valence electrons. The lowest BCUT2D eigenvalue weighted by Gasteiger charge is -2.28. The molecule has 0 unspecified atom stereocenters. The maximum absolute atomic E-state index is 2.39. The van der Waals surface area contributed by atoms with Crippen LogP contribution in [0.25, 0.3) is 0 Å². The molecular formula is C27H33P. The van der Waals surface area contributed by atoms with Gasteiger partial charge in [-0.3, -0.25) is 0 Å². The van der Waals surface area contributed by atoms with Crippen molar-refractivity contribution in [3.8, 4) is 0 Å². The SMILES string of the molecule is CCc1c(C)cccc1P(c1cccc(C)c1CC)c1cccc(C)c1CC. The highest BCUT2D eigenvalue weighted by molar-refractivity contribution is 7.80. The second-order valence-corrected chi connectivity index (χ2v) is 9.73. The lowest BCUT2D eigenvalue weighted by atomic mass is 10.1. The molecule has 0 nitrogen and oxygen atoms in total. The molecule has 0 bridgehead atoms. The number of benzene rings is 3. The summed E-state index contributed by atoms with van der Waals surface area (Å²) in [7, 11) is -0.574. The predicted molar refractivity (Wildman–Crippen MR) is 127 cm³/mol. The van der Waals surface area contributed by atoms with Gasteiger partial charge in [0, 0.05) is 0 Å². The third kappa shape index (κ3) is 3.81. The van der Waals surface area contributed by atoms with Crippen molar-refractivity contribution in [2.24, 2.45) is 0 Å². The summed E-state index contributed by atoms with van der Waals surface area (Å²) in [6, 6.07) is 20.7. The van der Waals surface area contributed by atoms with Gasteiger partial charge >= 0.3 is 0 Å². The first-order valence-corrected chi connectivity index (χ1v) is 11.9. The van der Waals surface area contributed by atoms with Crippen LogP contribution in [0.1, 0.15) is 54.2 Å². The second kappa shape index (κ2) is 9.06. The maximum atomic E-state index is 2.39.